The normalized spacial score (nSPS) is 36.6. The Labute approximate surface area is 178 Å². The summed E-state index contributed by atoms with van der Waals surface area (Å²) < 4.78 is 0. The van der Waals surface area contributed by atoms with Gasteiger partial charge in [0.1, 0.15) is 5.60 Å². The van der Waals surface area contributed by atoms with E-state index in [1.54, 1.807) is 19.4 Å². The maximum absolute atomic E-state index is 10.0. The van der Waals surface area contributed by atoms with Crippen LogP contribution in [0.5, 0.6) is 0 Å². The first kappa shape index (κ1) is 22.4. The molecule has 2 nitrogen and oxygen atoms in total. The highest BCUT2D eigenvalue weighted by Gasteiger charge is 2.50. The van der Waals surface area contributed by atoms with Crippen molar-refractivity contribution in [2.24, 2.45) is 23.2 Å². The summed E-state index contributed by atoms with van der Waals surface area (Å²) in [5, 5.41) is 19.9. The van der Waals surface area contributed by atoms with Crippen LogP contribution in [-0.4, -0.2) is 21.9 Å². The van der Waals surface area contributed by atoms with Crippen molar-refractivity contribution in [1.82, 2.24) is 0 Å². The minimum Gasteiger partial charge on any atom is -0.393 e. The van der Waals surface area contributed by atoms with E-state index >= 15 is 0 Å². The second-order valence-electron chi connectivity index (χ2n) is 10.6. The fourth-order valence-corrected chi connectivity index (χ4v) is 6.18. The molecule has 0 amide bonds. The van der Waals surface area contributed by atoms with Gasteiger partial charge in [0.2, 0.25) is 0 Å². The second-order valence-corrected chi connectivity index (χ2v) is 10.6. The van der Waals surface area contributed by atoms with Gasteiger partial charge in [-0.15, -0.1) is 5.92 Å². The molecule has 0 bridgehead atoms. The zero-order valence-corrected chi connectivity index (χ0v) is 18.9. The number of rotatable bonds is 3. The summed E-state index contributed by atoms with van der Waals surface area (Å²) in [4.78, 5) is 0. The molecule has 0 unspecified atom stereocenters. The SMILES string of the molecule is C=C1CC[C@@H](O)C/C1=C/C=C1\CCC[C@]2(C)[C@@H]([C@H](C)CC#CC(C)(C)O)CC[C@@H]12. The molecule has 0 heterocycles. The van der Waals surface area contributed by atoms with E-state index in [-0.39, 0.29) is 6.10 Å². The van der Waals surface area contributed by atoms with Crippen LogP contribution in [0.2, 0.25) is 0 Å². The van der Waals surface area contributed by atoms with Gasteiger partial charge in [-0.05, 0) is 94.0 Å². The molecule has 5 atom stereocenters. The molecule has 160 valence electrons. The van der Waals surface area contributed by atoms with Crippen molar-refractivity contribution in [3.63, 3.8) is 0 Å². The number of hydrogen-bond donors (Lipinski definition) is 2. The van der Waals surface area contributed by atoms with Crippen molar-refractivity contribution in [2.45, 2.75) is 97.2 Å². The summed E-state index contributed by atoms with van der Waals surface area (Å²) in [6, 6.07) is 0. The molecule has 3 rings (SSSR count). The van der Waals surface area contributed by atoms with Crippen LogP contribution in [0.15, 0.2) is 35.5 Å². The van der Waals surface area contributed by atoms with Crippen LogP contribution < -0.4 is 0 Å². The van der Waals surface area contributed by atoms with Crippen LogP contribution >= 0.6 is 0 Å². The molecule has 0 aromatic carbocycles. The number of hydrogen-bond acceptors (Lipinski definition) is 2. The lowest BCUT2D eigenvalue weighted by atomic mass is 9.61. The summed E-state index contributed by atoms with van der Waals surface area (Å²) in [5.41, 5.74) is 3.52. The fourth-order valence-electron chi connectivity index (χ4n) is 6.18. The van der Waals surface area contributed by atoms with Gasteiger partial charge in [-0.1, -0.05) is 49.6 Å². The third-order valence-corrected chi connectivity index (χ3v) is 7.73. The lowest BCUT2D eigenvalue weighted by molar-refractivity contribution is 0.0990. The van der Waals surface area contributed by atoms with Gasteiger partial charge in [0.05, 0.1) is 6.10 Å². The van der Waals surface area contributed by atoms with Crippen molar-refractivity contribution in [1.29, 1.82) is 0 Å². The van der Waals surface area contributed by atoms with Gasteiger partial charge < -0.3 is 10.2 Å². The second kappa shape index (κ2) is 8.83. The predicted octanol–water partition coefficient (Wildman–Crippen LogP) is 5.96. The van der Waals surface area contributed by atoms with Gasteiger partial charge in [-0.2, -0.15) is 0 Å². The van der Waals surface area contributed by atoms with Gasteiger partial charge in [-0.25, -0.2) is 0 Å². The van der Waals surface area contributed by atoms with E-state index in [2.05, 4.69) is 44.4 Å². The smallest absolute Gasteiger partial charge is 0.119 e. The van der Waals surface area contributed by atoms with E-state index in [4.69, 9.17) is 0 Å². The molecule has 0 aromatic rings. The molecule has 2 N–H and O–H groups in total. The molecule has 0 radical (unpaired) electrons. The van der Waals surface area contributed by atoms with Gasteiger partial charge in [-0.3, -0.25) is 0 Å². The number of aliphatic hydroxyl groups excluding tert-OH is 1. The lowest BCUT2D eigenvalue weighted by Crippen LogP contribution is -2.35. The first-order valence-corrected chi connectivity index (χ1v) is 11.6. The molecule has 3 aliphatic rings. The Kier molecular flexibility index (Phi) is 6.81. The third kappa shape index (κ3) is 5.25. The van der Waals surface area contributed by atoms with Crippen LogP contribution in [0.25, 0.3) is 0 Å². The Morgan fingerprint density at radius 3 is 2.72 bits per heavy atom. The minimum absolute atomic E-state index is 0.205. The van der Waals surface area contributed by atoms with Gasteiger partial charge >= 0.3 is 0 Å². The van der Waals surface area contributed by atoms with Crippen LogP contribution in [0.1, 0.15) is 85.5 Å². The average Bonchev–Trinajstić information content (AvgIpc) is 2.99. The van der Waals surface area contributed by atoms with Crippen LogP contribution in [0, 0.1) is 35.0 Å². The topological polar surface area (TPSA) is 40.5 Å². The van der Waals surface area contributed by atoms with Gasteiger partial charge in [0.15, 0.2) is 0 Å². The maximum Gasteiger partial charge on any atom is 0.119 e. The minimum atomic E-state index is -0.896. The molecule has 3 saturated carbocycles. The first-order chi connectivity index (χ1) is 13.6. The molecule has 29 heavy (non-hydrogen) atoms. The highest BCUT2D eigenvalue weighted by atomic mass is 16.3. The van der Waals surface area contributed by atoms with E-state index in [9.17, 15) is 10.2 Å². The zero-order chi connectivity index (χ0) is 21.2. The summed E-state index contributed by atoms with van der Waals surface area (Å²) >= 11 is 0. The Bertz CT molecular complexity index is 739. The molecule has 0 saturated heterocycles. The Morgan fingerprint density at radius 1 is 1.24 bits per heavy atom. The number of fused-ring (bicyclic) bond motifs is 1. The van der Waals surface area contributed by atoms with Crippen LogP contribution in [0.3, 0.4) is 0 Å². The highest BCUT2D eigenvalue weighted by molar-refractivity contribution is 5.36. The van der Waals surface area contributed by atoms with Crippen molar-refractivity contribution in [2.75, 3.05) is 0 Å². The van der Waals surface area contributed by atoms with Crippen molar-refractivity contribution >= 4 is 0 Å². The van der Waals surface area contributed by atoms with E-state index in [0.29, 0.717) is 23.2 Å². The van der Waals surface area contributed by atoms with Crippen LogP contribution in [-0.2, 0) is 0 Å². The third-order valence-electron chi connectivity index (χ3n) is 7.73. The van der Waals surface area contributed by atoms with Gasteiger partial charge in [0, 0.05) is 6.42 Å². The average molecular weight is 397 g/mol. The first-order valence-electron chi connectivity index (χ1n) is 11.6. The molecule has 0 spiro atoms. The monoisotopic (exact) mass is 396 g/mol. The Hall–Kier alpha value is -1.30. The molecular weight excluding hydrogens is 356 g/mol. The molecular formula is C27H40O2. The molecule has 2 heteroatoms. The fraction of sp³-hybridized carbons (Fsp3) is 0.704. The van der Waals surface area contributed by atoms with Crippen LogP contribution in [0.4, 0.5) is 0 Å². The molecule has 0 aliphatic heterocycles. The van der Waals surface area contributed by atoms with Crippen molar-refractivity contribution in [3.05, 3.63) is 35.5 Å². The van der Waals surface area contributed by atoms with Gasteiger partial charge in [0.25, 0.3) is 0 Å². The van der Waals surface area contributed by atoms with E-state index in [1.165, 1.54) is 43.3 Å². The predicted molar refractivity (Wildman–Crippen MR) is 121 cm³/mol. The standard InChI is InChI=1S/C27H40O2/c1-19-10-13-23(28)18-22(19)12-11-21-9-7-17-27(5)24(14-15-25(21)27)20(2)8-6-16-26(3,4)29/h11-12,20,23-25,28-29H,1,7-10,13-15,17-18H2,2-5H3/b21-11+,22-12-/t20-,23-,24-,25+,27-/m1/s1. The number of aliphatic hydroxyl groups is 2. The maximum atomic E-state index is 10.0. The zero-order valence-electron chi connectivity index (χ0n) is 18.9. The summed E-state index contributed by atoms with van der Waals surface area (Å²) in [6.45, 7) is 12.6. The summed E-state index contributed by atoms with van der Waals surface area (Å²) in [6.07, 6.45) is 14.2. The van der Waals surface area contributed by atoms with E-state index in [1.807, 2.05) is 0 Å². The number of allylic oxidation sites excluding steroid dienone is 4. The van der Waals surface area contributed by atoms with E-state index in [0.717, 1.165) is 25.7 Å². The molecule has 3 fully saturated rings. The summed E-state index contributed by atoms with van der Waals surface area (Å²) in [5.74, 6) is 8.17. The van der Waals surface area contributed by atoms with Crippen molar-refractivity contribution < 1.29 is 10.2 Å². The largest absolute Gasteiger partial charge is 0.393 e. The van der Waals surface area contributed by atoms with Crippen molar-refractivity contribution in [3.8, 4) is 11.8 Å². The molecule has 3 aliphatic carbocycles. The van der Waals surface area contributed by atoms with E-state index < -0.39 is 5.60 Å². The summed E-state index contributed by atoms with van der Waals surface area (Å²) in [7, 11) is 0. The lowest BCUT2D eigenvalue weighted by Gasteiger charge is -2.44. The Balaban J connectivity index is 1.74. The Morgan fingerprint density at radius 2 is 2.00 bits per heavy atom. The quantitative estimate of drug-likeness (QED) is 0.578. The highest BCUT2D eigenvalue weighted by Crippen LogP contribution is 2.59. The molecule has 0 aromatic heterocycles.